The molecule has 0 atom stereocenters. The first-order valence-electron chi connectivity index (χ1n) is 9.10. The van der Waals surface area contributed by atoms with Crippen LogP contribution in [0.1, 0.15) is 5.56 Å². The summed E-state index contributed by atoms with van der Waals surface area (Å²) in [6.07, 6.45) is 6.43. The Kier molecular flexibility index (Phi) is 3.94. The van der Waals surface area contributed by atoms with Crippen LogP contribution < -0.4 is 5.56 Å². The van der Waals surface area contributed by atoms with E-state index in [9.17, 15) is 9.18 Å². The number of rotatable bonds is 3. The Hall–Kier alpha value is -3.87. The van der Waals surface area contributed by atoms with Crippen molar-refractivity contribution in [3.8, 4) is 11.1 Å². The first-order chi connectivity index (χ1) is 14.1. The average Bonchev–Trinajstić information content (AvgIpc) is 3.12. The van der Waals surface area contributed by atoms with Gasteiger partial charge in [-0.25, -0.2) is 9.37 Å². The van der Waals surface area contributed by atoms with Gasteiger partial charge in [-0.05, 0) is 29.3 Å². The standard InChI is InChI=1S/C22H16FN5O/c1-27-12-18-16(3-2-4-20(18)26-27)14-5-6-15(19(23)9-14)11-28-13-25-21-10-24-8-7-17(21)22(28)29/h2-10,12-13H,11H2,1H3. The number of fused-ring (bicyclic) bond motifs is 2. The van der Waals surface area contributed by atoms with Crippen molar-refractivity contribution in [2.75, 3.05) is 0 Å². The highest BCUT2D eigenvalue weighted by Crippen LogP contribution is 2.29. The largest absolute Gasteiger partial charge is 0.294 e. The van der Waals surface area contributed by atoms with Crippen molar-refractivity contribution in [2.45, 2.75) is 6.54 Å². The van der Waals surface area contributed by atoms with Gasteiger partial charge in [0.05, 0.1) is 35.5 Å². The van der Waals surface area contributed by atoms with Gasteiger partial charge in [-0.2, -0.15) is 5.10 Å². The third-order valence-electron chi connectivity index (χ3n) is 5.00. The van der Waals surface area contributed by atoms with Crippen molar-refractivity contribution in [2.24, 2.45) is 7.05 Å². The molecular weight excluding hydrogens is 369 g/mol. The number of nitrogens with zero attached hydrogens (tertiary/aromatic N) is 5. The Balaban J connectivity index is 1.54. The molecule has 2 aromatic carbocycles. The zero-order valence-electron chi connectivity index (χ0n) is 15.6. The molecule has 6 nitrogen and oxygen atoms in total. The molecule has 0 aliphatic carbocycles. The summed E-state index contributed by atoms with van der Waals surface area (Å²) in [5, 5.41) is 5.83. The fourth-order valence-corrected chi connectivity index (χ4v) is 3.56. The number of benzene rings is 2. The van der Waals surface area contributed by atoms with Gasteiger partial charge in [0.25, 0.3) is 5.56 Å². The van der Waals surface area contributed by atoms with E-state index in [-0.39, 0.29) is 17.9 Å². The molecular formula is C22H16FN5O. The summed E-state index contributed by atoms with van der Waals surface area (Å²) in [6.45, 7) is 0.104. The number of aryl methyl sites for hydroxylation is 1. The predicted octanol–water partition coefficient (Wildman–Crippen LogP) is 3.53. The molecule has 0 aliphatic heterocycles. The summed E-state index contributed by atoms with van der Waals surface area (Å²) in [6, 6.07) is 12.5. The van der Waals surface area contributed by atoms with Crippen LogP contribution >= 0.6 is 0 Å². The van der Waals surface area contributed by atoms with E-state index in [0.717, 1.165) is 22.0 Å². The molecule has 3 aromatic heterocycles. The van der Waals surface area contributed by atoms with Crippen molar-refractivity contribution in [3.63, 3.8) is 0 Å². The second kappa shape index (κ2) is 6.63. The summed E-state index contributed by atoms with van der Waals surface area (Å²) >= 11 is 0. The zero-order valence-corrected chi connectivity index (χ0v) is 15.6. The highest BCUT2D eigenvalue weighted by molar-refractivity contribution is 5.94. The van der Waals surface area contributed by atoms with Crippen molar-refractivity contribution in [3.05, 3.63) is 89.1 Å². The van der Waals surface area contributed by atoms with Crippen molar-refractivity contribution in [1.29, 1.82) is 0 Å². The molecule has 142 valence electrons. The molecule has 0 aliphatic rings. The maximum atomic E-state index is 14.9. The SMILES string of the molecule is Cn1cc2c(-c3ccc(Cn4cnc5cnccc5c4=O)c(F)c3)cccc2n1. The van der Waals surface area contributed by atoms with Crippen molar-refractivity contribution in [1.82, 2.24) is 24.3 Å². The molecule has 0 fully saturated rings. The number of hydrogen-bond donors (Lipinski definition) is 0. The topological polar surface area (TPSA) is 65.6 Å². The van der Waals surface area contributed by atoms with Gasteiger partial charge >= 0.3 is 0 Å². The number of aromatic nitrogens is 5. The number of hydrogen-bond acceptors (Lipinski definition) is 4. The molecule has 0 saturated heterocycles. The Morgan fingerprint density at radius 3 is 2.83 bits per heavy atom. The Morgan fingerprint density at radius 1 is 1.07 bits per heavy atom. The van der Waals surface area contributed by atoms with Gasteiger partial charge < -0.3 is 0 Å². The van der Waals surface area contributed by atoms with Crippen LogP contribution in [0.5, 0.6) is 0 Å². The first-order valence-corrected chi connectivity index (χ1v) is 9.10. The minimum absolute atomic E-state index is 0.104. The maximum absolute atomic E-state index is 14.9. The molecule has 0 amide bonds. The highest BCUT2D eigenvalue weighted by Gasteiger charge is 2.11. The van der Waals surface area contributed by atoms with Gasteiger partial charge in [-0.15, -0.1) is 0 Å². The van der Waals surface area contributed by atoms with E-state index >= 15 is 0 Å². The van der Waals surface area contributed by atoms with Gasteiger partial charge in [0, 0.05) is 30.4 Å². The van der Waals surface area contributed by atoms with Crippen LogP contribution in [0.3, 0.4) is 0 Å². The van der Waals surface area contributed by atoms with Crippen LogP contribution in [0, 0.1) is 5.82 Å². The summed E-state index contributed by atoms with van der Waals surface area (Å²) in [7, 11) is 1.86. The minimum atomic E-state index is -0.370. The third-order valence-corrected chi connectivity index (χ3v) is 5.00. The Bertz CT molecular complexity index is 1440. The fourth-order valence-electron chi connectivity index (χ4n) is 3.56. The summed E-state index contributed by atoms with van der Waals surface area (Å²) in [5.41, 5.74) is 3.26. The quantitative estimate of drug-likeness (QED) is 0.477. The lowest BCUT2D eigenvalue weighted by atomic mass is 10.0. The van der Waals surface area contributed by atoms with E-state index in [4.69, 9.17) is 0 Å². The van der Waals surface area contributed by atoms with Gasteiger partial charge in [-0.1, -0.05) is 24.3 Å². The van der Waals surface area contributed by atoms with Crippen LogP contribution in [-0.2, 0) is 13.6 Å². The van der Waals surface area contributed by atoms with E-state index in [0.29, 0.717) is 16.5 Å². The monoisotopic (exact) mass is 385 g/mol. The molecule has 0 bridgehead atoms. The van der Waals surface area contributed by atoms with Crippen LogP contribution in [-0.4, -0.2) is 24.3 Å². The van der Waals surface area contributed by atoms with E-state index in [1.54, 1.807) is 23.0 Å². The molecule has 29 heavy (non-hydrogen) atoms. The molecule has 3 heterocycles. The molecule has 0 radical (unpaired) electrons. The van der Waals surface area contributed by atoms with Crippen molar-refractivity contribution < 1.29 is 4.39 Å². The maximum Gasteiger partial charge on any atom is 0.261 e. The molecule has 0 unspecified atom stereocenters. The molecule has 5 aromatic rings. The van der Waals surface area contributed by atoms with Crippen LogP contribution in [0.4, 0.5) is 4.39 Å². The van der Waals surface area contributed by atoms with Gasteiger partial charge in [-0.3, -0.25) is 19.0 Å². The van der Waals surface area contributed by atoms with E-state index < -0.39 is 0 Å². The highest BCUT2D eigenvalue weighted by atomic mass is 19.1. The predicted molar refractivity (Wildman–Crippen MR) is 109 cm³/mol. The lowest BCUT2D eigenvalue weighted by molar-refractivity contribution is 0.596. The molecule has 5 rings (SSSR count). The van der Waals surface area contributed by atoms with Crippen LogP contribution in [0.2, 0.25) is 0 Å². The molecule has 7 heteroatoms. The van der Waals surface area contributed by atoms with E-state index in [1.807, 2.05) is 37.5 Å². The number of halogens is 1. The first kappa shape index (κ1) is 17.2. The summed E-state index contributed by atoms with van der Waals surface area (Å²) in [5.74, 6) is -0.370. The van der Waals surface area contributed by atoms with Crippen LogP contribution in [0.25, 0.3) is 32.9 Å². The van der Waals surface area contributed by atoms with Gasteiger partial charge in [0.1, 0.15) is 5.82 Å². The third kappa shape index (κ3) is 2.97. The lowest BCUT2D eigenvalue weighted by Crippen LogP contribution is -2.21. The summed E-state index contributed by atoms with van der Waals surface area (Å²) in [4.78, 5) is 20.8. The van der Waals surface area contributed by atoms with E-state index in [2.05, 4.69) is 15.1 Å². The normalized spacial score (nSPS) is 11.4. The Labute approximate surface area is 164 Å². The van der Waals surface area contributed by atoms with Gasteiger partial charge in [0.15, 0.2) is 0 Å². The van der Waals surface area contributed by atoms with Crippen LogP contribution in [0.15, 0.2) is 72.2 Å². The fraction of sp³-hybridized carbons (Fsp3) is 0.0909. The summed E-state index contributed by atoms with van der Waals surface area (Å²) < 4.78 is 18.1. The molecule has 0 saturated carbocycles. The number of pyridine rings is 1. The second-order valence-corrected chi connectivity index (χ2v) is 6.92. The lowest BCUT2D eigenvalue weighted by Gasteiger charge is -2.10. The molecule has 0 N–H and O–H groups in total. The second-order valence-electron chi connectivity index (χ2n) is 6.92. The molecule has 0 spiro atoms. The van der Waals surface area contributed by atoms with Gasteiger partial charge in [0.2, 0.25) is 0 Å². The Morgan fingerprint density at radius 2 is 1.97 bits per heavy atom. The zero-order chi connectivity index (χ0) is 20.0. The van der Waals surface area contributed by atoms with E-state index in [1.165, 1.54) is 23.2 Å². The average molecular weight is 385 g/mol. The van der Waals surface area contributed by atoms with Crippen molar-refractivity contribution >= 4 is 21.8 Å². The minimum Gasteiger partial charge on any atom is -0.294 e. The smallest absolute Gasteiger partial charge is 0.261 e.